The Hall–Kier alpha value is -1.99. The highest BCUT2D eigenvalue weighted by atomic mass is 35.5. The lowest BCUT2D eigenvalue weighted by atomic mass is 9.48. The Morgan fingerprint density at radius 3 is 2.76 bits per heavy atom. The molecule has 7 rings (SSSR count). The first-order chi connectivity index (χ1) is 17.7. The van der Waals surface area contributed by atoms with Crippen molar-refractivity contribution in [3.05, 3.63) is 57.1 Å². The van der Waals surface area contributed by atoms with Crippen molar-refractivity contribution in [1.82, 2.24) is 10.2 Å². The van der Waals surface area contributed by atoms with Crippen LogP contribution >= 0.6 is 23.2 Å². The molecule has 3 aliphatic carbocycles. The number of ether oxygens (including phenoxy) is 1. The minimum absolute atomic E-state index is 0.0164. The fraction of sp³-hybridized carbons (Fsp3) is 0.552. The average molecular weight is 543 g/mol. The van der Waals surface area contributed by atoms with Gasteiger partial charge in [0.15, 0.2) is 11.5 Å². The summed E-state index contributed by atoms with van der Waals surface area (Å²) in [4.78, 5) is 16.0. The molecule has 3 N–H and O–H groups in total. The normalized spacial score (nSPS) is 34.4. The highest BCUT2D eigenvalue weighted by molar-refractivity contribution is 6.42. The number of phenols is 1. The number of nitrogens with one attached hydrogen (secondary N) is 1. The first-order valence-corrected chi connectivity index (χ1v) is 14.2. The lowest BCUT2D eigenvalue weighted by Crippen LogP contribution is -2.78. The quantitative estimate of drug-likeness (QED) is 0.516. The van der Waals surface area contributed by atoms with Gasteiger partial charge in [-0.05, 0) is 87.2 Å². The number of amides is 1. The molecule has 1 amide bonds. The van der Waals surface area contributed by atoms with Gasteiger partial charge in [0.25, 0.3) is 0 Å². The summed E-state index contributed by atoms with van der Waals surface area (Å²) in [7, 11) is 0. The number of nitrogens with zero attached hydrogens (tertiary/aromatic N) is 1. The van der Waals surface area contributed by atoms with Crippen molar-refractivity contribution in [3.63, 3.8) is 0 Å². The van der Waals surface area contributed by atoms with Gasteiger partial charge in [0.1, 0.15) is 6.10 Å². The van der Waals surface area contributed by atoms with Crippen LogP contribution in [0.4, 0.5) is 0 Å². The van der Waals surface area contributed by atoms with Crippen LogP contribution in [0.15, 0.2) is 30.3 Å². The number of aliphatic hydroxyl groups is 1. The number of likely N-dealkylation sites (tertiary alicyclic amines) is 1. The Morgan fingerprint density at radius 2 is 2.00 bits per heavy atom. The Kier molecular flexibility index (Phi) is 5.37. The van der Waals surface area contributed by atoms with Gasteiger partial charge in [-0.2, -0.15) is 0 Å². The van der Waals surface area contributed by atoms with Crippen molar-refractivity contribution < 1.29 is 19.7 Å². The van der Waals surface area contributed by atoms with E-state index in [2.05, 4.69) is 10.2 Å². The number of phenolic OH excluding ortho intramolecular Hbond substituents is 1. The predicted octanol–water partition coefficient (Wildman–Crippen LogP) is 4.55. The monoisotopic (exact) mass is 542 g/mol. The van der Waals surface area contributed by atoms with Crippen LogP contribution in [-0.2, 0) is 16.6 Å². The SMILES string of the molecule is CC(C(=O)NC1CC[C@@]2(O)[C@H]3Cc4ccc(O)c5c4[C@@]2(CCN3CC2CC2)C1O5)c1ccc(Cl)c(Cl)c1. The second-order valence-electron chi connectivity index (χ2n) is 11.8. The van der Waals surface area contributed by atoms with Crippen LogP contribution in [0.1, 0.15) is 61.6 Å². The van der Waals surface area contributed by atoms with E-state index in [-0.39, 0.29) is 23.7 Å². The van der Waals surface area contributed by atoms with E-state index in [0.717, 1.165) is 48.5 Å². The molecule has 37 heavy (non-hydrogen) atoms. The number of aromatic hydroxyl groups is 1. The Bertz CT molecular complexity index is 1300. The number of benzene rings is 2. The fourth-order valence-corrected chi connectivity index (χ4v) is 8.18. The molecule has 196 valence electrons. The molecule has 0 radical (unpaired) electrons. The van der Waals surface area contributed by atoms with Gasteiger partial charge in [-0.3, -0.25) is 9.69 Å². The highest BCUT2D eigenvalue weighted by Gasteiger charge is 2.73. The topological polar surface area (TPSA) is 82.0 Å². The molecule has 2 aromatic carbocycles. The van der Waals surface area contributed by atoms with Gasteiger partial charge in [-0.25, -0.2) is 0 Å². The zero-order chi connectivity index (χ0) is 25.7. The number of carbonyl (C=O) groups excluding carboxylic acids is 1. The Balaban J connectivity index is 1.24. The summed E-state index contributed by atoms with van der Waals surface area (Å²) >= 11 is 12.3. The fourth-order valence-electron chi connectivity index (χ4n) is 7.87. The Labute approximate surface area is 226 Å². The van der Waals surface area contributed by atoms with Crippen LogP contribution in [-0.4, -0.2) is 57.9 Å². The van der Waals surface area contributed by atoms with E-state index in [1.54, 1.807) is 18.2 Å². The maximum atomic E-state index is 13.5. The van der Waals surface area contributed by atoms with Crippen LogP contribution in [0, 0.1) is 5.92 Å². The van der Waals surface area contributed by atoms with Gasteiger partial charge < -0.3 is 20.3 Å². The second-order valence-corrected chi connectivity index (χ2v) is 12.7. The molecule has 8 heteroatoms. The second kappa shape index (κ2) is 8.25. The van der Waals surface area contributed by atoms with E-state index in [0.29, 0.717) is 28.6 Å². The van der Waals surface area contributed by atoms with Crippen LogP contribution < -0.4 is 10.1 Å². The van der Waals surface area contributed by atoms with Crippen molar-refractivity contribution in [1.29, 1.82) is 0 Å². The van der Waals surface area contributed by atoms with Gasteiger partial charge in [0, 0.05) is 18.2 Å². The third-order valence-corrected chi connectivity index (χ3v) is 10.7. The third-order valence-electron chi connectivity index (χ3n) is 9.93. The summed E-state index contributed by atoms with van der Waals surface area (Å²) in [6, 6.07) is 8.72. The zero-order valence-corrected chi connectivity index (χ0v) is 22.4. The first-order valence-electron chi connectivity index (χ1n) is 13.5. The van der Waals surface area contributed by atoms with Crippen LogP contribution in [0.25, 0.3) is 0 Å². The van der Waals surface area contributed by atoms with Crippen molar-refractivity contribution in [2.24, 2.45) is 5.92 Å². The van der Waals surface area contributed by atoms with Crippen LogP contribution in [0.5, 0.6) is 11.5 Å². The van der Waals surface area contributed by atoms with Crippen LogP contribution in [0.2, 0.25) is 10.0 Å². The summed E-state index contributed by atoms with van der Waals surface area (Å²) in [5.74, 6) is 0.795. The van der Waals surface area contributed by atoms with E-state index in [9.17, 15) is 15.0 Å². The summed E-state index contributed by atoms with van der Waals surface area (Å²) in [6.07, 6.45) is 4.81. The van der Waals surface area contributed by atoms with Gasteiger partial charge in [-0.1, -0.05) is 35.3 Å². The molecule has 1 saturated heterocycles. The summed E-state index contributed by atoms with van der Waals surface area (Å²) in [5, 5.41) is 27.5. The van der Waals surface area contributed by atoms with E-state index in [1.807, 2.05) is 19.1 Å². The minimum Gasteiger partial charge on any atom is -0.504 e. The molecule has 0 aromatic heterocycles. The van der Waals surface area contributed by atoms with E-state index >= 15 is 0 Å². The first kappa shape index (κ1) is 24.1. The maximum absolute atomic E-state index is 13.5. The van der Waals surface area contributed by atoms with E-state index < -0.39 is 23.0 Å². The molecule has 2 heterocycles. The molecule has 2 aliphatic heterocycles. The van der Waals surface area contributed by atoms with E-state index in [1.165, 1.54) is 12.8 Å². The van der Waals surface area contributed by atoms with Crippen molar-refractivity contribution in [3.8, 4) is 11.5 Å². The molecule has 3 unspecified atom stereocenters. The number of rotatable bonds is 5. The molecule has 6 nitrogen and oxygen atoms in total. The molecule has 2 aromatic rings. The van der Waals surface area contributed by atoms with Gasteiger partial charge in [0.2, 0.25) is 5.91 Å². The predicted molar refractivity (Wildman–Crippen MR) is 142 cm³/mol. The van der Waals surface area contributed by atoms with Crippen molar-refractivity contribution in [2.45, 2.75) is 80.6 Å². The maximum Gasteiger partial charge on any atom is 0.227 e. The molecule has 5 aliphatic rings. The molecular formula is C29H32Cl2N2O4. The number of hydrogen-bond acceptors (Lipinski definition) is 5. The van der Waals surface area contributed by atoms with Crippen molar-refractivity contribution in [2.75, 3.05) is 13.1 Å². The van der Waals surface area contributed by atoms with Crippen LogP contribution in [0.3, 0.4) is 0 Å². The number of carbonyl (C=O) groups is 1. The molecule has 3 fully saturated rings. The van der Waals surface area contributed by atoms with E-state index in [4.69, 9.17) is 27.9 Å². The van der Waals surface area contributed by atoms with Crippen molar-refractivity contribution >= 4 is 29.1 Å². The summed E-state index contributed by atoms with van der Waals surface area (Å²) in [5.41, 5.74) is 1.30. The largest absolute Gasteiger partial charge is 0.504 e. The highest BCUT2D eigenvalue weighted by Crippen LogP contribution is 2.65. The summed E-state index contributed by atoms with van der Waals surface area (Å²) in [6.45, 7) is 3.78. The minimum atomic E-state index is -0.965. The zero-order valence-electron chi connectivity index (χ0n) is 20.8. The molecule has 2 bridgehead atoms. The molecule has 2 saturated carbocycles. The summed E-state index contributed by atoms with van der Waals surface area (Å²) < 4.78 is 6.56. The number of halogens is 2. The standard InChI is InChI=1S/C29H32Cl2N2O4/c1-15(17-4-6-19(30)20(31)12-17)27(35)32-21-8-9-29(36)23-13-18-5-7-22(34)25-24(18)28(29,26(21)37-25)10-11-33(23)14-16-2-3-16/h4-7,12,15-16,21,23,26,34,36H,2-3,8-11,13-14H2,1H3,(H,32,35)/t15?,21?,23-,26?,28+,29-/m1/s1. The third kappa shape index (κ3) is 3.35. The smallest absolute Gasteiger partial charge is 0.227 e. The number of hydrogen-bond donors (Lipinski definition) is 3. The Morgan fingerprint density at radius 1 is 1.19 bits per heavy atom. The lowest BCUT2D eigenvalue weighted by Gasteiger charge is -2.64. The average Bonchev–Trinajstić information content (AvgIpc) is 3.62. The van der Waals surface area contributed by atoms with Gasteiger partial charge in [0.05, 0.1) is 33.0 Å². The van der Waals surface area contributed by atoms with Gasteiger partial charge >= 0.3 is 0 Å². The molecule has 1 spiro atoms. The molecule has 6 atom stereocenters. The number of piperidine rings is 1. The molecular weight excluding hydrogens is 511 g/mol. The van der Waals surface area contributed by atoms with Gasteiger partial charge in [-0.15, -0.1) is 0 Å². The lowest BCUT2D eigenvalue weighted by molar-refractivity contribution is -0.192.